The Morgan fingerprint density at radius 2 is 1.84 bits per heavy atom. The van der Waals surface area contributed by atoms with Gasteiger partial charge >= 0.3 is 5.95 Å². The second kappa shape index (κ2) is 6.86. The molecule has 0 bridgehead atoms. The number of hydrogen-bond acceptors (Lipinski definition) is 2. The van der Waals surface area contributed by atoms with Crippen molar-refractivity contribution in [2.75, 3.05) is 5.73 Å². The van der Waals surface area contributed by atoms with Crippen LogP contribution >= 0.6 is 23.2 Å². The smallest absolute Gasteiger partial charge is 0.291 e. The highest BCUT2D eigenvalue weighted by molar-refractivity contribution is 6.42. The summed E-state index contributed by atoms with van der Waals surface area (Å²) >= 11 is 11.8. The summed E-state index contributed by atoms with van der Waals surface area (Å²) in [5.74, 6) is -0.0483. The maximum atomic E-state index is 13.1. The van der Waals surface area contributed by atoms with Crippen molar-refractivity contribution < 1.29 is 13.8 Å². The van der Waals surface area contributed by atoms with Crippen LogP contribution < -0.4 is 10.3 Å². The predicted octanol–water partition coefficient (Wildman–Crippen LogP) is 3.89. The number of nitrogens with zero attached hydrogens (tertiary/aromatic N) is 2. The number of hydrogen-bond donors (Lipinski definition) is 1. The van der Waals surface area contributed by atoms with Crippen molar-refractivity contribution in [3.05, 3.63) is 70.1 Å². The Morgan fingerprint density at radius 1 is 1.16 bits per heavy atom. The van der Waals surface area contributed by atoms with Crippen molar-refractivity contribution in [3.63, 3.8) is 0 Å². The van der Waals surface area contributed by atoms with Gasteiger partial charge in [0.2, 0.25) is 0 Å². The van der Waals surface area contributed by atoms with Gasteiger partial charge in [-0.3, -0.25) is 10.5 Å². The number of halogens is 3. The molecule has 3 rings (SSSR count). The van der Waals surface area contributed by atoms with E-state index in [2.05, 4.69) is 0 Å². The van der Waals surface area contributed by atoms with Crippen LogP contribution in [-0.2, 0) is 13.6 Å². The number of imidazole rings is 1. The Hall–Kier alpha value is -2.37. The van der Waals surface area contributed by atoms with E-state index in [1.54, 1.807) is 46.6 Å². The van der Waals surface area contributed by atoms with Gasteiger partial charge in [-0.15, -0.1) is 0 Å². The van der Waals surface area contributed by atoms with Gasteiger partial charge in [0.25, 0.3) is 0 Å². The third-order valence-corrected chi connectivity index (χ3v) is 4.71. The predicted molar refractivity (Wildman–Crippen MR) is 96.2 cm³/mol. The van der Waals surface area contributed by atoms with Gasteiger partial charge < -0.3 is 0 Å². The van der Waals surface area contributed by atoms with Crippen LogP contribution in [0.15, 0.2) is 48.7 Å². The first-order chi connectivity index (χ1) is 11.9. The molecule has 1 heterocycles. The van der Waals surface area contributed by atoms with Crippen molar-refractivity contribution in [2.24, 2.45) is 7.05 Å². The Morgan fingerprint density at radius 3 is 2.48 bits per heavy atom. The molecule has 4 nitrogen and oxygen atoms in total. The van der Waals surface area contributed by atoms with Crippen LogP contribution in [-0.4, -0.2) is 10.4 Å². The van der Waals surface area contributed by atoms with Crippen LogP contribution in [0.5, 0.6) is 0 Å². The van der Waals surface area contributed by atoms with E-state index in [0.717, 1.165) is 11.3 Å². The van der Waals surface area contributed by atoms with E-state index in [4.69, 9.17) is 28.9 Å². The SMILES string of the molecule is Cn1c(-c2ccc(F)cc2)c[n+](CC(=O)c2ccc(Cl)c(Cl)c2)c1N. The van der Waals surface area contributed by atoms with E-state index in [-0.39, 0.29) is 18.1 Å². The number of aromatic nitrogens is 2. The summed E-state index contributed by atoms with van der Waals surface area (Å²) in [5.41, 5.74) is 8.14. The van der Waals surface area contributed by atoms with Gasteiger partial charge in [-0.1, -0.05) is 23.2 Å². The van der Waals surface area contributed by atoms with Gasteiger partial charge in [-0.05, 0) is 42.5 Å². The summed E-state index contributed by atoms with van der Waals surface area (Å²) in [6, 6.07) is 10.8. The first-order valence-corrected chi connectivity index (χ1v) is 8.21. The molecule has 0 saturated heterocycles. The third-order valence-electron chi connectivity index (χ3n) is 3.97. The zero-order chi connectivity index (χ0) is 18.1. The fourth-order valence-electron chi connectivity index (χ4n) is 2.55. The van der Waals surface area contributed by atoms with Gasteiger partial charge in [0, 0.05) is 11.1 Å². The number of ketones is 1. The zero-order valence-electron chi connectivity index (χ0n) is 13.3. The maximum Gasteiger partial charge on any atom is 0.355 e. The quantitative estimate of drug-likeness (QED) is 0.552. The van der Waals surface area contributed by atoms with E-state index in [1.807, 2.05) is 0 Å². The minimum Gasteiger partial charge on any atom is -0.291 e. The molecular formula is C18H15Cl2FN3O+. The lowest BCUT2D eigenvalue weighted by atomic mass is 10.1. The number of anilines is 1. The number of Topliss-reactive ketones (excluding diaryl/α,β-unsaturated/α-hetero) is 1. The summed E-state index contributed by atoms with van der Waals surface area (Å²) in [5, 5.41) is 0.717. The van der Waals surface area contributed by atoms with Gasteiger partial charge in [-0.25, -0.2) is 13.5 Å². The number of nitrogen functional groups attached to an aromatic ring is 1. The number of carbonyl (C=O) groups is 1. The zero-order valence-corrected chi connectivity index (χ0v) is 14.9. The second-order valence-corrected chi connectivity index (χ2v) is 6.43. The van der Waals surface area contributed by atoms with Gasteiger partial charge in [-0.2, -0.15) is 0 Å². The largest absolute Gasteiger partial charge is 0.355 e. The molecule has 0 spiro atoms. The molecule has 2 aromatic carbocycles. The summed E-state index contributed by atoms with van der Waals surface area (Å²) in [7, 11) is 1.79. The lowest BCUT2D eigenvalue weighted by Gasteiger charge is -2.02. The number of benzene rings is 2. The fraction of sp³-hybridized carbons (Fsp3) is 0.111. The monoisotopic (exact) mass is 378 g/mol. The minimum atomic E-state index is -0.311. The average Bonchev–Trinajstić information content (AvgIpc) is 2.86. The van der Waals surface area contributed by atoms with E-state index < -0.39 is 0 Å². The number of carbonyl (C=O) groups excluding carboxylic acids is 1. The summed E-state index contributed by atoms with van der Waals surface area (Å²) in [4.78, 5) is 12.5. The second-order valence-electron chi connectivity index (χ2n) is 5.62. The number of nitrogens with two attached hydrogens (primary N) is 1. The lowest BCUT2D eigenvalue weighted by molar-refractivity contribution is -0.667. The van der Waals surface area contributed by atoms with Crippen LogP contribution in [0, 0.1) is 5.82 Å². The van der Waals surface area contributed by atoms with E-state index in [9.17, 15) is 9.18 Å². The average molecular weight is 379 g/mol. The Bertz CT molecular complexity index is 952. The van der Waals surface area contributed by atoms with Gasteiger partial charge in [0.05, 0.1) is 17.1 Å². The van der Waals surface area contributed by atoms with Crippen molar-refractivity contribution in [1.82, 2.24) is 4.57 Å². The standard InChI is InChI=1S/C18H14Cl2FN3O/c1-23-16(11-2-5-13(21)6-3-11)9-24(18(23)22)10-17(25)12-4-7-14(19)15(20)8-12/h2-9,22H,10H2,1H3/p+1. The highest BCUT2D eigenvalue weighted by atomic mass is 35.5. The molecule has 0 atom stereocenters. The summed E-state index contributed by atoms with van der Waals surface area (Å²) in [6.07, 6.45) is 1.76. The number of rotatable bonds is 4. The van der Waals surface area contributed by atoms with Crippen LogP contribution in [0.25, 0.3) is 11.3 Å². The molecule has 0 aliphatic heterocycles. The van der Waals surface area contributed by atoms with Crippen LogP contribution in [0.2, 0.25) is 10.0 Å². The molecule has 0 unspecified atom stereocenters. The molecule has 0 radical (unpaired) electrons. The molecule has 0 fully saturated rings. The molecule has 1 aromatic heterocycles. The molecule has 0 saturated carbocycles. The normalized spacial score (nSPS) is 10.9. The van der Waals surface area contributed by atoms with E-state index >= 15 is 0 Å². The Labute approximate surface area is 154 Å². The van der Waals surface area contributed by atoms with Crippen molar-refractivity contribution in [3.8, 4) is 11.3 Å². The molecule has 7 heteroatoms. The first kappa shape index (κ1) is 17.5. The molecule has 2 N–H and O–H groups in total. The molecule has 0 aliphatic carbocycles. The first-order valence-electron chi connectivity index (χ1n) is 7.45. The summed E-state index contributed by atoms with van der Waals surface area (Å²) in [6.45, 7) is 0.0544. The Balaban J connectivity index is 1.90. The maximum absolute atomic E-state index is 13.1. The van der Waals surface area contributed by atoms with E-state index in [1.165, 1.54) is 18.2 Å². The molecule has 0 aliphatic rings. The van der Waals surface area contributed by atoms with Crippen molar-refractivity contribution in [1.29, 1.82) is 0 Å². The summed E-state index contributed by atoms with van der Waals surface area (Å²) < 4.78 is 16.5. The molecule has 25 heavy (non-hydrogen) atoms. The van der Waals surface area contributed by atoms with E-state index in [0.29, 0.717) is 21.6 Å². The molecule has 0 amide bonds. The van der Waals surface area contributed by atoms with Gasteiger partial charge in [0.1, 0.15) is 24.3 Å². The van der Waals surface area contributed by atoms with Crippen LogP contribution in [0.4, 0.5) is 10.3 Å². The Kier molecular flexibility index (Phi) is 4.79. The highest BCUT2D eigenvalue weighted by Crippen LogP contribution is 2.23. The third kappa shape index (κ3) is 3.52. The minimum absolute atomic E-state index is 0.0544. The molecule has 128 valence electrons. The lowest BCUT2D eigenvalue weighted by Crippen LogP contribution is -2.39. The molecular weight excluding hydrogens is 364 g/mol. The van der Waals surface area contributed by atoms with Crippen LogP contribution in [0.1, 0.15) is 10.4 Å². The van der Waals surface area contributed by atoms with Crippen molar-refractivity contribution in [2.45, 2.75) is 6.54 Å². The van der Waals surface area contributed by atoms with Gasteiger partial charge in [0.15, 0.2) is 5.78 Å². The topological polar surface area (TPSA) is 51.9 Å². The van der Waals surface area contributed by atoms with Crippen LogP contribution in [0.3, 0.4) is 0 Å². The van der Waals surface area contributed by atoms with Crippen molar-refractivity contribution >= 4 is 34.9 Å². The fourth-order valence-corrected chi connectivity index (χ4v) is 2.85. The highest BCUT2D eigenvalue weighted by Gasteiger charge is 2.20. The molecule has 3 aromatic rings.